The van der Waals surface area contributed by atoms with E-state index in [1.807, 2.05) is 48.2 Å². The summed E-state index contributed by atoms with van der Waals surface area (Å²) in [5, 5.41) is 11.4. The second-order valence-corrected chi connectivity index (χ2v) is 11.6. The van der Waals surface area contributed by atoms with Crippen LogP contribution in [0.2, 0.25) is 0 Å². The molecule has 2 atom stereocenters. The van der Waals surface area contributed by atoms with Gasteiger partial charge in [0.1, 0.15) is 11.7 Å². The number of rotatable bonds is 4. The Balaban J connectivity index is 1.21. The average molecular weight is 548 g/mol. The molecular weight excluding hydrogens is 520 g/mol. The van der Waals surface area contributed by atoms with E-state index < -0.39 is 0 Å². The van der Waals surface area contributed by atoms with Crippen molar-refractivity contribution >= 4 is 50.7 Å². The van der Waals surface area contributed by atoms with Gasteiger partial charge in [-0.25, -0.2) is 9.98 Å². The first-order chi connectivity index (χ1) is 20.3. The number of nitrogens with zero attached hydrogens (tertiary/aromatic N) is 2. The standard InChI is InChI=1S/C36H26N4S/c1-4-10-24(11-5-1)33-38-34(25-12-6-2-7-13-25)40-35(39-33)28-18-20-29-27(22-28)17-16-23-19-21-30-32(31(23)29)37-36(41-30)26-14-8-3-9-15-26/h1-22,33,36-37H,(H,38,39,40)/p+1. The molecule has 0 saturated carbocycles. The van der Waals surface area contributed by atoms with E-state index >= 15 is 0 Å². The van der Waals surface area contributed by atoms with Gasteiger partial charge in [0.15, 0.2) is 17.2 Å². The van der Waals surface area contributed by atoms with Crippen molar-refractivity contribution in [3.63, 3.8) is 0 Å². The van der Waals surface area contributed by atoms with Crippen LogP contribution in [0.4, 0.5) is 5.69 Å². The number of aliphatic imine (C=N–C) groups is 2. The third-order valence-corrected chi connectivity index (χ3v) is 9.13. The molecule has 4 nitrogen and oxygen atoms in total. The van der Waals surface area contributed by atoms with E-state index in [1.54, 1.807) is 0 Å². The molecule has 0 fully saturated rings. The third kappa shape index (κ3) is 4.40. The van der Waals surface area contributed by atoms with Crippen LogP contribution in [0.3, 0.4) is 0 Å². The fourth-order valence-electron chi connectivity index (χ4n) is 5.82. The maximum absolute atomic E-state index is 5.08. The predicted octanol–water partition coefficient (Wildman–Crippen LogP) is 7.49. The van der Waals surface area contributed by atoms with Gasteiger partial charge in [-0.2, -0.15) is 0 Å². The first-order valence-electron chi connectivity index (χ1n) is 13.9. The molecule has 0 bridgehead atoms. The normalized spacial score (nSPS) is 18.0. The number of fused-ring (bicyclic) bond motifs is 5. The van der Waals surface area contributed by atoms with Gasteiger partial charge in [-0.05, 0) is 33.9 Å². The SMILES string of the molecule is c1ccc(C2=NC(c3ccccc3)N=C(c3ccc4c(ccc5ccc6c(c54)[NH2+]C(c4ccccc4)S6)c3)N2)cc1. The van der Waals surface area contributed by atoms with Crippen molar-refractivity contribution in [3.8, 4) is 0 Å². The number of nitrogens with two attached hydrogens (primary N) is 1. The van der Waals surface area contributed by atoms with Crippen molar-refractivity contribution in [1.29, 1.82) is 0 Å². The zero-order chi connectivity index (χ0) is 27.2. The molecule has 41 heavy (non-hydrogen) atoms. The topological polar surface area (TPSA) is 53.4 Å². The fourth-order valence-corrected chi connectivity index (χ4v) is 7.04. The van der Waals surface area contributed by atoms with E-state index in [-0.39, 0.29) is 6.17 Å². The van der Waals surface area contributed by atoms with Gasteiger partial charge >= 0.3 is 0 Å². The number of thioether (sulfide) groups is 1. The Morgan fingerprint density at radius 1 is 0.585 bits per heavy atom. The minimum Gasteiger partial charge on any atom is -0.324 e. The number of hydrogen-bond donors (Lipinski definition) is 2. The highest BCUT2D eigenvalue weighted by Crippen LogP contribution is 2.44. The summed E-state index contributed by atoms with van der Waals surface area (Å²) in [6, 6.07) is 47.1. The van der Waals surface area contributed by atoms with Crippen LogP contribution in [0.1, 0.15) is 33.8 Å². The Bertz CT molecular complexity index is 1970. The number of quaternary nitrogens is 1. The van der Waals surface area contributed by atoms with Gasteiger partial charge in [0.05, 0.1) is 10.3 Å². The fraction of sp³-hybridized carbons (Fsp3) is 0.0556. The smallest absolute Gasteiger partial charge is 0.169 e. The van der Waals surface area contributed by atoms with Gasteiger partial charge in [0.2, 0.25) is 0 Å². The second kappa shape index (κ2) is 10.0. The van der Waals surface area contributed by atoms with Crippen molar-refractivity contribution < 1.29 is 5.32 Å². The summed E-state index contributed by atoms with van der Waals surface area (Å²) in [5.41, 5.74) is 5.85. The summed E-state index contributed by atoms with van der Waals surface area (Å²) in [5.74, 6) is 1.67. The lowest BCUT2D eigenvalue weighted by Gasteiger charge is -2.22. The molecule has 0 aliphatic carbocycles. The molecule has 0 saturated heterocycles. The van der Waals surface area contributed by atoms with Gasteiger partial charge < -0.3 is 5.32 Å². The second-order valence-electron chi connectivity index (χ2n) is 10.4. The Labute approximate surface area is 242 Å². The molecular formula is C36H27N4S+. The molecule has 2 unspecified atom stereocenters. The van der Waals surface area contributed by atoms with E-state index in [0.717, 1.165) is 28.4 Å². The third-order valence-electron chi connectivity index (χ3n) is 7.86. The van der Waals surface area contributed by atoms with Crippen LogP contribution in [0.5, 0.6) is 0 Å². The van der Waals surface area contributed by atoms with Crippen molar-refractivity contribution in [1.82, 2.24) is 5.32 Å². The summed E-state index contributed by atoms with van der Waals surface area (Å²) in [6.07, 6.45) is -0.306. The van der Waals surface area contributed by atoms with Gasteiger partial charge in [0, 0.05) is 16.7 Å². The average Bonchev–Trinajstić information content (AvgIpc) is 3.50. The van der Waals surface area contributed by atoms with Crippen molar-refractivity contribution in [2.24, 2.45) is 9.98 Å². The van der Waals surface area contributed by atoms with Crippen molar-refractivity contribution in [3.05, 3.63) is 156 Å². The van der Waals surface area contributed by atoms with E-state index in [0.29, 0.717) is 5.37 Å². The lowest BCUT2D eigenvalue weighted by atomic mass is 9.98. The molecule has 6 aromatic carbocycles. The van der Waals surface area contributed by atoms with Crippen LogP contribution < -0.4 is 10.6 Å². The quantitative estimate of drug-likeness (QED) is 0.178. The monoisotopic (exact) mass is 547 g/mol. The maximum atomic E-state index is 5.08. The molecule has 6 aromatic rings. The van der Waals surface area contributed by atoms with Crippen LogP contribution in [-0.2, 0) is 0 Å². The van der Waals surface area contributed by atoms with Gasteiger partial charge in [0.25, 0.3) is 0 Å². The molecule has 0 aromatic heterocycles. The number of amidine groups is 2. The van der Waals surface area contributed by atoms with Crippen LogP contribution in [0.25, 0.3) is 21.5 Å². The summed E-state index contributed by atoms with van der Waals surface area (Å²) in [4.78, 5) is 11.4. The largest absolute Gasteiger partial charge is 0.324 e. The Hall–Kier alpha value is -4.71. The molecule has 2 aliphatic heterocycles. The maximum Gasteiger partial charge on any atom is 0.169 e. The Morgan fingerprint density at radius 2 is 1.22 bits per heavy atom. The predicted molar refractivity (Wildman–Crippen MR) is 170 cm³/mol. The summed E-state index contributed by atoms with van der Waals surface area (Å²) >= 11 is 1.94. The highest BCUT2D eigenvalue weighted by atomic mass is 32.2. The first-order valence-corrected chi connectivity index (χ1v) is 14.8. The Morgan fingerprint density at radius 3 is 1.98 bits per heavy atom. The molecule has 2 heterocycles. The number of benzene rings is 6. The van der Waals surface area contributed by atoms with Crippen molar-refractivity contribution in [2.75, 3.05) is 0 Å². The zero-order valence-electron chi connectivity index (χ0n) is 22.2. The lowest BCUT2D eigenvalue weighted by molar-refractivity contribution is -0.588. The summed E-state index contributed by atoms with van der Waals surface area (Å²) < 4.78 is 0. The molecule has 3 N–H and O–H groups in total. The molecule has 196 valence electrons. The summed E-state index contributed by atoms with van der Waals surface area (Å²) in [6.45, 7) is 0. The van der Waals surface area contributed by atoms with Gasteiger partial charge in [-0.1, -0.05) is 133 Å². The summed E-state index contributed by atoms with van der Waals surface area (Å²) in [7, 11) is 0. The number of nitrogens with one attached hydrogen (secondary N) is 1. The zero-order valence-corrected chi connectivity index (χ0v) is 23.1. The van der Waals surface area contributed by atoms with E-state index in [9.17, 15) is 0 Å². The molecule has 0 spiro atoms. The van der Waals surface area contributed by atoms with E-state index in [4.69, 9.17) is 9.98 Å². The highest BCUT2D eigenvalue weighted by Gasteiger charge is 2.30. The van der Waals surface area contributed by atoms with Crippen molar-refractivity contribution in [2.45, 2.75) is 16.4 Å². The lowest BCUT2D eigenvalue weighted by Crippen LogP contribution is -2.76. The van der Waals surface area contributed by atoms with Crippen LogP contribution in [-0.4, -0.2) is 11.7 Å². The van der Waals surface area contributed by atoms with Gasteiger partial charge in [-0.3, -0.25) is 5.32 Å². The molecule has 0 amide bonds. The molecule has 0 radical (unpaired) electrons. The highest BCUT2D eigenvalue weighted by molar-refractivity contribution is 7.99. The van der Waals surface area contributed by atoms with Crippen LogP contribution in [0, 0.1) is 0 Å². The van der Waals surface area contributed by atoms with E-state index in [2.05, 4.69) is 108 Å². The first kappa shape index (κ1) is 24.1. The molecule has 2 aliphatic rings. The van der Waals surface area contributed by atoms with Crippen LogP contribution >= 0.6 is 11.8 Å². The van der Waals surface area contributed by atoms with Gasteiger partial charge in [-0.15, -0.1) is 0 Å². The minimum atomic E-state index is -0.306. The van der Waals surface area contributed by atoms with Crippen LogP contribution in [0.15, 0.2) is 148 Å². The molecule has 8 rings (SSSR count). The Kier molecular flexibility index (Phi) is 5.91. The molecule has 5 heteroatoms. The minimum absolute atomic E-state index is 0.306. The van der Waals surface area contributed by atoms with E-state index in [1.165, 1.54) is 37.7 Å². The number of hydrogen-bond acceptors (Lipinski definition) is 4.